The Balaban J connectivity index is 1.82. The van der Waals surface area contributed by atoms with Crippen LogP contribution in [0.1, 0.15) is 26.8 Å². The Kier molecular flexibility index (Phi) is 3.55. The van der Waals surface area contributed by atoms with Crippen LogP contribution in [0.5, 0.6) is 5.75 Å². The van der Waals surface area contributed by atoms with Crippen LogP contribution < -0.4 is 15.4 Å². The van der Waals surface area contributed by atoms with Gasteiger partial charge >= 0.3 is 0 Å². The first-order valence-electron chi connectivity index (χ1n) is 7.35. The molecule has 3 rings (SSSR count). The van der Waals surface area contributed by atoms with Crippen LogP contribution in [0, 0.1) is 0 Å². The molecule has 7 nitrogen and oxygen atoms in total. The molecule has 1 aliphatic rings. The second-order valence-corrected chi connectivity index (χ2v) is 5.84. The first kappa shape index (κ1) is 15.1. The van der Waals surface area contributed by atoms with Crippen LogP contribution in [0.3, 0.4) is 0 Å². The summed E-state index contributed by atoms with van der Waals surface area (Å²) in [7, 11) is 0. The van der Waals surface area contributed by atoms with Gasteiger partial charge in [-0.05, 0) is 32.9 Å². The number of hydrogen-bond acceptors (Lipinski definition) is 4. The number of anilines is 2. The van der Waals surface area contributed by atoms with Gasteiger partial charge in [0.05, 0.1) is 17.6 Å². The van der Waals surface area contributed by atoms with Gasteiger partial charge in [-0.2, -0.15) is 5.10 Å². The topological polar surface area (TPSA) is 85.3 Å². The molecule has 7 heteroatoms. The molecule has 2 amide bonds. The fraction of sp³-hybridized carbons (Fsp3) is 0.312. The van der Waals surface area contributed by atoms with Crippen molar-refractivity contribution in [1.82, 2.24) is 9.78 Å². The maximum Gasteiger partial charge on any atom is 0.278 e. The number of fused-ring (bicyclic) bond motifs is 1. The third-order valence-corrected chi connectivity index (χ3v) is 3.70. The number of carbonyl (C=O) groups excluding carboxylic acids is 2. The van der Waals surface area contributed by atoms with E-state index in [-0.39, 0.29) is 6.04 Å². The minimum Gasteiger partial charge on any atom is -0.466 e. The first-order valence-corrected chi connectivity index (χ1v) is 7.35. The molecule has 2 aromatic rings. The molecule has 0 aliphatic carbocycles. The summed E-state index contributed by atoms with van der Waals surface area (Å²) in [4.78, 5) is 24.9. The highest BCUT2D eigenvalue weighted by molar-refractivity contribution is 6.18. The summed E-state index contributed by atoms with van der Waals surface area (Å²) in [6.45, 7) is 5.41. The lowest BCUT2D eigenvalue weighted by Crippen LogP contribution is -2.56. The van der Waals surface area contributed by atoms with Crippen molar-refractivity contribution >= 4 is 23.2 Å². The summed E-state index contributed by atoms with van der Waals surface area (Å²) in [5.41, 5.74) is -0.579. The third kappa shape index (κ3) is 2.65. The van der Waals surface area contributed by atoms with Crippen molar-refractivity contribution in [2.75, 3.05) is 10.6 Å². The van der Waals surface area contributed by atoms with Gasteiger partial charge in [0, 0.05) is 12.2 Å². The normalized spacial score (nSPS) is 19.7. The quantitative estimate of drug-likeness (QED) is 0.850. The Labute approximate surface area is 133 Å². The van der Waals surface area contributed by atoms with Gasteiger partial charge in [-0.3, -0.25) is 14.3 Å². The number of carbonyl (C=O) groups is 2. The van der Waals surface area contributed by atoms with E-state index in [9.17, 15) is 9.59 Å². The molecule has 1 aromatic heterocycles. The standard InChI is InChI=1S/C16H18N4O3/c1-10(2)20-9-11(8-17-20)18-14(21)16(3)15(22)19-12-6-4-5-7-13(12)23-16/h4-10H,1-3H3,(H,18,21)(H,19,22). The molecule has 0 fully saturated rings. The van der Waals surface area contributed by atoms with Crippen molar-refractivity contribution in [2.24, 2.45) is 0 Å². The van der Waals surface area contributed by atoms with Crippen LogP contribution in [0.4, 0.5) is 11.4 Å². The van der Waals surface area contributed by atoms with E-state index >= 15 is 0 Å². The summed E-state index contributed by atoms with van der Waals surface area (Å²) in [5.74, 6) is -0.597. The maximum absolute atomic E-state index is 12.6. The van der Waals surface area contributed by atoms with Crippen LogP contribution in [0.2, 0.25) is 0 Å². The predicted molar refractivity (Wildman–Crippen MR) is 85.3 cm³/mol. The summed E-state index contributed by atoms with van der Waals surface area (Å²) in [5, 5.41) is 9.53. The molecule has 23 heavy (non-hydrogen) atoms. The van der Waals surface area contributed by atoms with Gasteiger partial charge in [0.1, 0.15) is 5.75 Å². The summed E-state index contributed by atoms with van der Waals surface area (Å²) in [6.07, 6.45) is 3.25. The lowest BCUT2D eigenvalue weighted by atomic mass is 10.0. The lowest BCUT2D eigenvalue weighted by Gasteiger charge is -2.33. The number of amides is 2. The molecule has 1 aliphatic heterocycles. The maximum atomic E-state index is 12.6. The Morgan fingerprint density at radius 1 is 1.39 bits per heavy atom. The van der Waals surface area contributed by atoms with Crippen molar-refractivity contribution in [1.29, 1.82) is 0 Å². The lowest BCUT2D eigenvalue weighted by molar-refractivity contribution is -0.143. The molecule has 0 saturated heterocycles. The number of ether oxygens (including phenoxy) is 1. The van der Waals surface area contributed by atoms with Crippen molar-refractivity contribution in [3.8, 4) is 5.75 Å². The van der Waals surface area contributed by atoms with Crippen molar-refractivity contribution < 1.29 is 14.3 Å². The van der Waals surface area contributed by atoms with Crippen LogP contribution >= 0.6 is 0 Å². The minimum atomic E-state index is -1.64. The van der Waals surface area contributed by atoms with Crippen LogP contribution in [-0.4, -0.2) is 27.2 Å². The fourth-order valence-electron chi connectivity index (χ4n) is 2.25. The zero-order chi connectivity index (χ0) is 16.6. The van der Waals surface area contributed by atoms with Crippen LogP contribution in [-0.2, 0) is 9.59 Å². The summed E-state index contributed by atoms with van der Waals surface area (Å²) < 4.78 is 7.39. The number of benzene rings is 1. The third-order valence-electron chi connectivity index (χ3n) is 3.70. The Bertz CT molecular complexity index is 768. The van der Waals surface area contributed by atoms with Gasteiger partial charge in [0.2, 0.25) is 0 Å². The zero-order valence-electron chi connectivity index (χ0n) is 13.2. The molecule has 0 saturated carbocycles. The number of nitrogens with one attached hydrogen (secondary N) is 2. The van der Waals surface area contributed by atoms with E-state index in [0.717, 1.165) is 0 Å². The van der Waals surface area contributed by atoms with Crippen LogP contribution in [0.15, 0.2) is 36.7 Å². The Morgan fingerprint density at radius 3 is 2.83 bits per heavy atom. The van der Waals surface area contributed by atoms with Gasteiger partial charge in [-0.25, -0.2) is 0 Å². The van der Waals surface area contributed by atoms with E-state index in [1.54, 1.807) is 35.1 Å². The van der Waals surface area contributed by atoms with Gasteiger partial charge in [-0.15, -0.1) is 0 Å². The van der Waals surface area contributed by atoms with Crippen LogP contribution in [0.25, 0.3) is 0 Å². The molecule has 120 valence electrons. The molecule has 2 N–H and O–H groups in total. The highest BCUT2D eigenvalue weighted by Gasteiger charge is 2.47. The average Bonchev–Trinajstić information content (AvgIpc) is 2.97. The molecule has 1 atom stereocenters. The number of hydrogen-bond donors (Lipinski definition) is 2. The van der Waals surface area contributed by atoms with Gasteiger partial charge in [-0.1, -0.05) is 12.1 Å². The first-order chi connectivity index (χ1) is 10.9. The molecule has 0 radical (unpaired) electrons. The van der Waals surface area contributed by atoms with E-state index in [1.165, 1.54) is 13.1 Å². The molecular formula is C16H18N4O3. The van der Waals surface area contributed by atoms with Crippen molar-refractivity contribution in [2.45, 2.75) is 32.4 Å². The zero-order valence-corrected chi connectivity index (χ0v) is 13.2. The predicted octanol–water partition coefficient (Wildman–Crippen LogP) is 2.19. The Morgan fingerprint density at radius 2 is 2.13 bits per heavy atom. The van der Waals surface area contributed by atoms with Gasteiger partial charge < -0.3 is 15.4 Å². The highest BCUT2D eigenvalue weighted by Crippen LogP contribution is 2.33. The number of para-hydroxylation sites is 2. The van der Waals surface area contributed by atoms with E-state index in [0.29, 0.717) is 17.1 Å². The molecule has 0 bridgehead atoms. The fourth-order valence-corrected chi connectivity index (χ4v) is 2.25. The van der Waals surface area contributed by atoms with E-state index in [4.69, 9.17) is 4.74 Å². The van der Waals surface area contributed by atoms with E-state index in [1.807, 2.05) is 13.8 Å². The number of rotatable bonds is 3. The molecule has 2 heterocycles. The van der Waals surface area contributed by atoms with Crippen molar-refractivity contribution in [3.05, 3.63) is 36.7 Å². The monoisotopic (exact) mass is 314 g/mol. The second-order valence-electron chi connectivity index (χ2n) is 5.84. The number of nitrogens with zero attached hydrogens (tertiary/aromatic N) is 2. The summed E-state index contributed by atoms with van der Waals surface area (Å²) >= 11 is 0. The van der Waals surface area contributed by atoms with Crippen molar-refractivity contribution in [3.63, 3.8) is 0 Å². The Hall–Kier alpha value is -2.83. The average molecular weight is 314 g/mol. The largest absolute Gasteiger partial charge is 0.466 e. The molecule has 1 unspecified atom stereocenters. The van der Waals surface area contributed by atoms with E-state index < -0.39 is 17.4 Å². The number of aromatic nitrogens is 2. The molecule has 1 aromatic carbocycles. The van der Waals surface area contributed by atoms with E-state index in [2.05, 4.69) is 15.7 Å². The second kappa shape index (κ2) is 5.42. The van der Waals surface area contributed by atoms with Gasteiger partial charge in [0.15, 0.2) is 0 Å². The van der Waals surface area contributed by atoms with Gasteiger partial charge in [0.25, 0.3) is 17.4 Å². The molecule has 0 spiro atoms. The smallest absolute Gasteiger partial charge is 0.278 e. The summed E-state index contributed by atoms with van der Waals surface area (Å²) in [6, 6.07) is 7.17. The highest BCUT2D eigenvalue weighted by atomic mass is 16.5. The molecular weight excluding hydrogens is 296 g/mol. The minimum absolute atomic E-state index is 0.178. The SMILES string of the molecule is CC(C)n1cc(NC(=O)C2(C)Oc3ccccc3NC2=O)cn1.